The summed E-state index contributed by atoms with van der Waals surface area (Å²) >= 11 is 0. The molecule has 7 nitrogen and oxygen atoms in total. The van der Waals surface area contributed by atoms with Gasteiger partial charge in [-0.2, -0.15) is 0 Å². The van der Waals surface area contributed by atoms with Crippen molar-refractivity contribution in [3.8, 4) is 0 Å². The Balaban J connectivity index is 1.92. The van der Waals surface area contributed by atoms with Gasteiger partial charge in [-0.3, -0.25) is 9.20 Å². The summed E-state index contributed by atoms with van der Waals surface area (Å²) in [5.41, 5.74) is -0.403. The van der Waals surface area contributed by atoms with E-state index in [1.54, 1.807) is 22.7 Å². The molecule has 0 radical (unpaired) electrons. The van der Waals surface area contributed by atoms with Crippen molar-refractivity contribution in [2.24, 2.45) is 0 Å². The van der Waals surface area contributed by atoms with Gasteiger partial charge in [-0.1, -0.05) is 19.1 Å². The second kappa shape index (κ2) is 6.86. The minimum absolute atomic E-state index is 0.104. The summed E-state index contributed by atoms with van der Waals surface area (Å²) in [6.45, 7) is 2.66. The van der Waals surface area contributed by atoms with Gasteiger partial charge in [0.15, 0.2) is 0 Å². The lowest BCUT2D eigenvalue weighted by Gasteiger charge is -2.25. The molecule has 0 saturated carbocycles. The molecule has 1 aliphatic rings. The lowest BCUT2D eigenvalue weighted by molar-refractivity contribution is 0.0153. The van der Waals surface area contributed by atoms with Crippen LogP contribution in [0.5, 0.6) is 0 Å². The molecule has 3 heterocycles. The van der Waals surface area contributed by atoms with E-state index in [0.29, 0.717) is 36.5 Å². The highest BCUT2D eigenvalue weighted by atomic mass is 19.1. The first-order chi connectivity index (χ1) is 13.0. The second-order valence-electron chi connectivity index (χ2n) is 6.93. The van der Waals surface area contributed by atoms with Gasteiger partial charge < -0.3 is 14.4 Å². The van der Waals surface area contributed by atoms with Crippen molar-refractivity contribution in [1.29, 1.82) is 0 Å². The van der Waals surface area contributed by atoms with Gasteiger partial charge in [0, 0.05) is 25.6 Å². The highest BCUT2D eigenvalue weighted by molar-refractivity contribution is 5.38. The fourth-order valence-electron chi connectivity index (χ4n) is 3.52. The summed E-state index contributed by atoms with van der Waals surface area (Å²) in [5.74, 6) is 0.296. The predicted octanol–water partition coefficient (Wildman–Crippen LogP) is 1.64. The first-order valence-corrected chi connectivity index (χ1v) is 9.04. The van der Waals surface area contributed by atoms with E-state index >= 15 is 0 Å². The Morgan fingerprint density at radius 2 is 2.22 bits per heavy atom. The Bertz CT molecular complexity index is 1040. The highest BCUT2D eigenvalue weighted by Gasteiger charge is 2.38. The van der Waals surface area contributed by atoms with E-state index in [2.05, 4.69) is 10.2 Å². The van der Waals surface area contributed by atoms with E-state index in [-0.39, 0.29) is 30.2 Å². The average molecular weight is 372 g/mol. The van der Waals surface area contributed by atoms with Gasteiger partial charge in [0.1, 0.15) is 17.2 Å². The maximum absolute atomic E-state index is 13.6. The first kappa shape index (κ1) is 17.8. The van der Waals surface area contributed by atoms with Crippen molar-refractivity contribution in [3.63, 3.8) is 0 Å². The van der Waals surface area contributed by atoms with Gasteiger partial charge >= 0.3 is 0 Å². The molecule has 1 N–H and O–H groups in total. The maximum Gasteiger partial charge on any atom is 0.296 e. The van der Waals surface area contributed by atoms with Crippen LogP contribution in [0.4, 0.5) is 4.39 Å². The van der Waals surface area contributed by atoms with Crippen LogP contribution in [0.2, 0.25) is 0 Å². The minimum Gasteiger partial charge on any atom is -0.381 e. The predicted molar refractivity (Wildman–Crippen MR) is 96.1 cm³/mol. The molecule has 8 heteroatoms. The zero-order valence-corrected chi connectivity index (χ0v) is 15.1. The highest BCUT2D eigenvalue weighted by Crippen LogP contribution is 2.30. The summed E-state index contributed by atoms with van der Waals surface area (Å²) in [4.78, 5) is 13.1. The van der Waals surface area contributed by atoms with E-state index in [4.69, 9.17) is 4.74 Å². The maximum atomic E-state index is 13.6. The molecular weight excluding hydrogens is 351 g/mol. The molecule has 3 aromatic rings. The van der Waals surface area contributed by atoms with Gasteiger partial charge in [-0.05, 0) is 24.1 Å². The summed E-state index contributed by atoms with van der Waals surface area (Å²) in [7, 11) is 0. The van der Waals surface area contributed by atoms with Crippen molar-refractivity contribution in [2.45, 2.75) is 38.3 Å². The molecule has 1 aromatic carbocycles. The largest absolute Gasteiger partial charge is 0.381 e. The van der Waals surface area contributed by atoms with Crippen LogP contribution in [0.3, 0.4) is 0 Å². The molecule has 1 fully saturated rings. The third kappa shape index (κ3) is 3.15. The smallest absolute Gasteiger partial charge is 0.296 e. The molecule has 1 saturated heterocycles. The van der Waals surface area contributed by atoms with Gasteiger partial charge in [0.05, 0.1) is 18.8 Å². The van der Waals surface area contributed by atoms with Crippen LogP contribution in [0.25, 0.3) is 5.65 Å². The van der Waals surface area contributed by atoms with Crippen LogP contribution in [0.15, 0.2) is 35.3 Å². The quantitative estimate of drug-likeness (QED) is 0.736. The Morgan fingerprint density at radius 3 is 2.93 bits per heavy atom. The summed E-state index contributed by atoms with van der Waals surface area (Å²) in [6.07, 6.45) is 3.63. The van der Waals surface area contributed by atoms with Crippen molar-refractivity contribution in [1.82, 2.24) is 19.2 Å². The topological polar surface area (TPSA) is 81.7 Å². The molecule has 0 aliphatic carbocycles. The van der Waals surface area contributed by atoms with E-state index < -0.39 is 5.60 Å². The van der Waals surface area contributed by atoms with Crippen LogP contribution in [0, 0.1) is 5.82 Å². The third-order valence-electron chi connectivity index (χ3n) is 4.93. The number of benzene rings is 1. The van der Waals surface area contributed by atoms with Crippen LogP contribution in [-0.2, 0) is 23.3 Å². The molecule has 1 unspecified atom stereocenters. The number of aliphatic hydroxyl groups is 1. The van der Waals surface area contributed by atoms with E-state index in [1.165, 1.54) is 16.7 Å². The van der Waals surface area contributed by atoms with Gasteiger partial charge in [-0.15, -0.1) is 10.2 Å². The van der Waals surface area contributed by atoms with Gasteiger partial charge in [-0.25, -0.2) is 4.39 Å². The van der Waals surface area contributed by atoms with Crippen molar-refractivity contribution in [3.05, 3.63) is 63.7 Å². The monoisotopic (exact) mass is 372 g/mol. The molecular formula is C19H21FN4O3. The van der Waals surface area contributed by atoms with Crippen molar-refractivity contribution < 1.29 is 14.2 Å². The normalized spacial score (nSPS) is 19.8. The number of rotatable bonds is 5. The van der Waals surface area contributed by atoms with Crippen LogP contribution in [0.1, 0.15) is 36.8 Å². The number of halogens is 1. The third-order valence-corrected chi connectivity index (χ3v) is 4.93. The molecule has 2 aromatic heterocycles. The standard InChI is InChI=1S/C19H21FN4O3/c1-2-4-16-21-22-17-18(25)23(10-13-5-3-6-14(20)9-13)15(11-24(16)17)19(26)7-8-27-12-19/h3,5-6,9,11,26H,2,4,7-8,10,12H2,1H3. The number of fused-ring (bicyclic) bond motifs is 1. The summed E-state index contributed by atoms with van der Waals surface area (Å²) in [6, 6.07) is 6.06. The number of aromatic nitrogens is 4. The Kier molecular flexibility index (Phi) is 4.53. The summed E-state index contributed by atoms with van der Waals surface area (Å²) < 4.78 is 22.1. The molecule has 0 bridgehead atoms. The molecule has 0 spiro atoms. The Hall–Kier alpha value is -2.58. The van der Waals surface area contributed by atoms with E-state index in [0.717, 1.165) is 6.42 Å². The van der Waals surface area contributed by atoms with Crippen molar-refractivity contribution >= 4 is 5.65 Å². The lowest BCUT2D eigenvalue weighted by atomic mass is 9.98. The number of hydrogen-bond donors (Lipinski definition) is 1. The van der Waals surface area contributed by atoms with Gasteiger partial charge in [0.2, 0.25) is 5.65 Å². The molecule has 142 valence electrons. The zero-order chi connectivity index (χ0) is 19.0. The fraction of sp³-hybridized carbons (Fsp3) is 0.421. The number of aryl methyl sites for hydroxylation is 1. The number of ether oxygens (including phenoxy) is 1. The van der Waals surface area contributed by atoms with E-state index in [9.17, 15) is 14.3 Å². The molecule has 27 heavy (non-hydrogen) atoms. The SMILES string of the molecule is CCCc1nnc2c(=O)n(Cc3cccc(F)c3)c(C3(O)CCOC3)cn12. The van der Waals surface area contributed by atoms with Crippen LogP contribution >= 0.6 is 0 Å². The van der Waals surface area contributed by atoms with Gasteiger partial charge in [0.25, 0.3) is 5.56 Å². The first-order valence-electron chi connectivity index (χ1n) is 9.04. The second-order valence-corrected chi connectivity index (χ2v) is 6.93. The summed E-state index contributed by atoms with van der Waals surface area (Å²) in [5, 5.41) is 19.3. The van der Waals surface area contributed by atoms with Crippen molar-refractivity contribution in [2.75, 3.05) is 13.2 Å². The van der Waals surface area contributed by atoms with Crippen LogP contribution < -0.4 is 5.56 Å². The van der Waals surface area contributed by atoms with Crippen LogP contribution in [-0.4, -0.2) is 37.5 Å². The molecule has 0 amide bonds. The zero-order valence-electron chi connectivity index (χ0n) is 15.1. The Morgan fingerprint density at radius 1 is 1.37 bits per heavy atom. The molecule has 4 rings (SSSR count). The average Bonchev–Trinajstić information content (AvgIpc) is 3.25. The molecule has 1 atom stereocenters. The number of nitrogens with zero attached hydrogens (tertiary/aromatic N) is 4. The lowest BCUT2D eigenvalue weighted by Crippen LogP contribution is -2.37. The fourth-order valence-corrected chi connectivity index (χ4v) is 3.52. The number of hydrogen-bond acceptors (Lipinski definition) is 5. The molecule has 1 aliphatic heterocycles. The minimum atomic E-state index is -1.28. The Labute approximate surface area is 155 Å². The van der Waals surface area contributed by atoms with E-state index in [1.807, 2.05) is 6.92 Å².